The largest absolute Gasteiger partial charge is 0.377 e. The third-order valence-electron chi connectivity index (χ3n) is 5.23. The van der Waals surface area contributed by atoms with Gasteiger partial charge in [-0.2, -0.15) is 4.31 Å². The van der Waals surface area contributed by atoms with Gasteiger partial charge in [0.2, 0.25) is 15.9 Å². The predicted octanol–water partition coefficient (Wildman–Crippen LogP) is 1.33. The lowest BCUT2D eigenvalue weighted by Gasteiger charge is -2.34. The van der Waals surface area contributed by atoms with Crippen LogP contribution in [-0.2, 0) is 19.6 Å². The zero-order chi connectivity index (χ0) is 19.4. The molecule has 1 aromatic carbocycles. The number of halogens is 1. The van der Waals surface area contributed by atoms with Crippen LogP contribution in [0.1, 0.15) is 24.0 Å². The summed E-state index contributed by atoms with van der Waals surface area (Å²) in [5, 5.41) is 3.16. The van der Waals surface area contributed by atoms with Crippen molar-refractivity contribution in [2.45, 2.75) is 37.7 Å². The zero-order valence-corrected chi connectivity index (χ0v) is 18.2. The maximum absolute atomic E-state index is 13.0. The molecule has 0 spiro atoms. The Morgan fingerprint density at radius 1 is 1.21 bits per heavy atom. The van der Waals surface area contributed by atoms with Gasteiger partial charge in [-0.05, 0) is 43.9 Å². The third-order valence-corrected chi connectivity index (χ3v) is 7.27. The fourth-order valence-electron chi connectivity index (χ4n) is 3.56. The number of carbonyl (C=O) groups excluding carboxylic acids is 1. The van der Waals surface area contributed by atoms with Crippen LogP contribution in [0.25, 0.3) is 0 Å². The van der Waals surface area contributed by atoms with Gasteiger partial charge in [-0.15, -0.1) is 12.4 Å². The summed E-state index contributed by atoms with van der Waals surface area (Å²) in [6.45, 7) is 6.95. The molecule has 1 N–H and O–H groups in total. The lowest BCUT2D eigenvalue weighted by Crippen LogP contribution is -2.52. The Kier molecular flexibility index (Phi) is 8.27. The van der Waals surface area contributed by atoms with E-state index in [0.717, 1.165) is 30.6 Å². The molecule has 0 radical (unpaired) electrons. The van der Waals surface area contributed by atoms with Crippen molar-refractivity contribution in [3.8, 4) is 0 Å². The van der Waals surface area contributed by atoms with Crippen LogP contribution in [-0.4, -0.2) is 75.5 Å². The summed E-state index contributed by atoms with van der Waals surface area (Å²) in [6.07, 6.45) is 2.32. The molecule has 0 aromatic heterocycles. The Balaban J connectivity index is 0.00000280. The highest BCUT2D eigenvalue weighted by Crippen LogP contribution is 2.22. The molecule has 1 aromatic rings. The number of aryl methyl sites for hydroxylation is 2. The van der Waals surface area contributed by atoms with E-state index in [1.54, 1.807) is 11.0 Å². The summed E-state index contributed by atoms with van der Waals surface area (Å²) in [4.78, 5) is 14.4. The van der Waals surface area contributed by atoms with Crippen molar-refractivity contribution in [2.75, 3.05) is 45.9 Å². The van der Waals surface area contributed by atoms with Crippen molar-refractivity contribution in [3.05, 3.63) is 29.3 Å². The highest BCUT2D eigenvalue weighted by atomic mass is 35.5. The fourth-order valence-corrected chi connectivity index (χ4v) is 5.29. The van der Waals surface area contributed by atoms with Gasteiger partial charge in [-0.1, -0.05) is 12.1 Å². The molecular weight excluding hydrogens is 402 g/mol. The molecule has 0 bridgehead atoms. The maximum Gasteiger partial charge on any atom is 0.243 e. The Bertz CT molecular complexity index is 773. The third kappa shape index (κ3) is 5.45. The van der Waals surface area contributed by atoms with Crippen molar-refractivity contribution in [3.63, 3.8) is 0 Å². The Morgan fingerprint density at radius 3 is 2.57 bits per heavy atom. The van der Waals surface area contributed by atoms with Gasteiger partial charge in [-0.25, -0.2) is 8.42 Å². The summed E-state index contributed by atoms with van der Waals surface area (Å²) < 4.78 is 32.9. The minimum atomic E-state index is -3.53. The first kappa shape index (κ1) is 23.1. The number of amides is 1. The Labute approximate surface area is 173 Å². The molecule has 9 heteroatoms. The van der Waals surface area contributed by atoms with Crippen LogP contribution in [0.5, 0.6) is 0 Å². The highest BCUT2D eigenvalue weighted by molar-refractivity contribution is 7.89. The monoisotopic (exact) mass is 431 g/mol. The van der Waals surface area contributed by atoms with Gasteiger partial charge < -0.3 is 15.0 Å². The van der Waals surface area contributed by atoms with Crippen LogP contribution in [0.4, 0.5) is 0 Å². The van der Waals surface area contributed by atoms with E-state index in [1.165, 1.54) is 4.31 Å². The van der Waals surface area contributed by atoms with E-state index >= 15 is 0 Å². The van der Waals surface area contributed by atoms with E-state index in [4.69, 9.17) is 4.74 Å². The number of nitrogens with zero attached hydrogens (tertiary/aromatic N) is 2. The minimum absolute atomic E-state index is 0. The number of sulfonamides is 1. The summed E-state index contributed by atoms with van der Waals surface area (Å²) >= 11 is 0. The molecule has 3 rings (SSSR count). The Hall–Kier alpha value is -1.19. The molecule has 1 atom stereocenters. The van der Waals surface area contributed by atoms with Gasteiger partial charge >= 0.3 is 0 Å². The smallest absolute Gasteiger partial charge is 0.243 e. The Morgan fingerprint density at radius 2 is 1.93 bits per heavy atom. The number of piperazine rings is 1. The molecule has 1 unspecified atom stereocenters. The predicted molar refractivity (Wildman–Crippen MR) is 110 cm³/mol. The van der Waals surface area contributed by atoms with Gasteiger partial charge in [0.15, 0.2) is 0 Å². The first-order valence-corrected chi connectivity index (χ1v) is 11.0. The number of rotatable bonds is 6. The van der Waals surface area contributed by atoms with Gasteiger partial charge in [0.25, 0.3) is 0 Å². The van der Waals surface area contributed by atoms with E-state index in [-0.39, 0.29) is 31.0 Å². The first-order valence-electron chi connectivity index (χ1n) is 9.55. The molecule has 2 aliphatic heterocycles. The molecule has 2 heterocycles. The van der Waals surface area contributed by atoms with Crippen molar-refractivity contribution in [1.82, 2.24) is 14.5 Å². The quantitative estimate of drug-likeness (QED) is 0.735. The number of benzene rings is 1. The minimum Gasteiger partial charge on any atom is -0.377 e. The van der Waals surface area contributed by atoms with Gasteiger partial charge in [0.05, 0.1) is 17.5 Å². The molecule has 28 heavy (non-hydrogen) atoms. The summed E-state index contributed by atoms with van der Waals surface area (Å²) in [5.74, 6) is 0.0109. The topological polar surface area (TPSA) is 79.0 Å². The average molecular weight is 432 g/mol. The lowest BCUT2D eigenvalue weighted by molar-refractivity contribution is -0.131. The molecular formula is C19H30ClN3O4S. The van der Waals surface area contributed by atoms with Gasteiger partial charge in [-0.3, -0.25) is 4.79 Å². The maximum atomic E-state index is 13.0. The average Bonchev–Trinajstić information content (AvgIpc) is 3.17. The second kappa shape index (κ2) is 10.0. The van der Waals surface area contributed by atoms with Crippen molar-refractivity contribution < 1.29 is 17.9 Å². The van der Waals surface area contributed by atoms with Crippen LogP contribution < -0.4 is 5.32 Å². The standard InChI is InChI=1S/C19H29N3O4S.ClH/c1-15-5-6-16(2)18(12-15)27(24,25)22-9-7-21(8-10-22)19(23)14-20-13-17-4-3-11-26-17;/h5-6,12,17,20H,3-4,7-11,13-14H2,1-2H3;1H. The summed E-state index contributed by atoms with van der Waals surface area (Å²) in [5.41, 5.74) is 1.67. The zero-order valence-electron chi connectivity index (χ0n) is 16.5. The van der Waals surface area contributed by atoms with E-state index in [2.05, 4.69) is 5.32 Å². The van der Waals surface area contributed by atoms with Crippen molar-refractivity contribution in [1.29, 1.82) is 0 Å². The molecule has 1 amide bonds. The summed E-state index contributed by atoms with van der Waals surface area (Å²) in [7, 11) is -3.53. The number of hydrogen-bond acceptors (Lipinski definition) is 5. The number of hydrogen-bond donors (Lipinski definition) is 1. The summed E-state index contributed by atoms with van der Waals surface area (Å²) in [6, 6.07) is 5.47. The van der Waals surface area contributed by atoms with Crippen molar-refractivity contribution in [2.24, 2.45) is 0 Å². The fraction of sp³-hybridized carbons (Fsp3) is 0.632. The highest BCUT2D eigenvalue weighted by Gasteiger charge is 2.31. The van der Waals surface area contributed by atoms with Crippen LogP contribution in [0.3, 0.4) is 0 Å². The van der Waals surface area contributed by atoms with Gasteiger partial charge in [0.1, 0.15) is 0 Å². The molecule has 0 saturated carbocycles. The SMILES string of the molecule is Cc1ccc(C)c(S(=O)(=O)N2CCN(C(=O)CNCC3CCCO3)CC2)c1.Cl. The molecule has 7 nitrogen and oxygen atoms in total. The van der Waals surface area contributed by atoms with Crippen LogP contribution >= 0.6 is 12.4 Å². The molecule has 2 fully saturated rings. The van der Waals surface area contributed by atoms with E-state index < -0.39 is 10.0 Å². The molecule has 2 aliphatic rings. The second-order valence-corrected chi connectivity index (χ2v) is 9.23. The van der Waals surface area contributed by atoms with Crippen LogP contribution in [0.2, 0.25) is 0 Å². The number of carbonyl (C=O) groups is 1. The molecule has 0 aliphatic carbocycles. The second-order valence-electron chi connectivity index (χ2n) is 7.32. The van der Waals surface area contributed by atoms with Crippen LogP contribution in [0, 0.1) is 13.8 Å². The molecule has 2 saturated heterocycles. The normalized spacial score (nSPS) is 20.8. The molecule has 158 valence electrons. The van der Waals surface area contributed by atoms with Crippen LogP contribution in [0.15, 0.2) is 23.1 Å². The van der Waals surface area contributed by atoms with Gasteiger partial charge in [0, 0.05) is 39.3 Å². The van der Waals surface area contributed by atoms with E-state index in [0.29, 0.717) is 37.6 Å². The number of ether oxygens (including phenoxy) is 1. The number of nitrogens with one attached hydrogen (secondary N) is 1. The lowest BCUT2D eigenvalue weighted by atomic mass is 10.2. The van der Waals surface area contributed by atoms with E-state index in [1.807, 2.05) is 26.0 Å². The first-order chi connectivity index (χ1) is 12.9. The van der Waals surface area contributed by atoms with E-state index in [9.17, 15) is 13.2 Å². The van der Waals surface area contributed by atoms with Crippen molar-refractivity contribution >= 4 is 28.3 Å².